The minimum atomic E-state index is -0.651. The van der Waals surface area contributed by atoms with E-state index in [9.17, 15) is 14.0 Å². The number of hydrogen-bond acceptors (Lipinski definition) is 3. The summed E-state index contributed by atoms with van der Waals surface area (Å²) in [6.07, 6.45) is 0.0284. The zero-order chi connectivity index (χ0) is 16.4. The molecular formula is C17H15FN2O3. The van der Waals surface area contributed by atoms with Crippen molar-refractivity contribution in [3.05, 3.63) is 53.8 Å². The number of hydrogen-bond donors (Lipinski definition) is 2. The fourth-order valence-electron chi connectivity index (χ4n) is 2.57. The molecule has 0 aromatic heterocycles. The molecule has 118 valence electrons. The Bertz CT molecular complexity index is 759. The quantitative estimate of drug-likeness (QED) is 0.915. The first kappa shape index (κ1) is 15.0. The van der Waals surface area contributed by atoms with Crippen LogP contribution < -0.4 is 15.4 Å². The van der Waals surface area contributed by atoms with Gasteiger partial charge in [-0.25, -0.2) is 4.39 Å². The summed E-state index contributed by atoms with van der Waals surface area (Å²) in [5.74, 6) is -1.04. The molecule has 0 radical (unpaired) electrons. The number of carbonyl (C=O) groups is 2. The Hall–Kier alpha value is -2.89. The van der Waals surface area contributed by atoms with E-state index in [-0.39, 0.29) is 18.2 Å². The number of rotatable bonds is 3. The van der Waals surface area contributed by atoms with Crippen LogP contribution in [-0.2, 0) is 9.59 Å². The highest BCUT2D eigenvalue weighted by Crippen LogP contribution is 2.33. The molecule has 0 spiro atoms. The summed E-state index contributed by atoms with van der Waals surface area (Å²) in [5, 5.41) is 5.36. The number of ether oxygens (including phenoxy) is 1. The monoisotopic (exact) mass is 314 g/mol. The lowest BCUT2D eigenvalue weighted by Gasteiger charge is -2.24. The molecule has 0 fully saturated rings. The number of nitrogens with one attached hydrogen (secondary N) is 2. The summed E-state index contributed by atoms with van der Waals surface area (Å²) in [7, 11) is 1.56. The molecule has 6 heteroatoms. The Labute approximate surface area is 132 Å². The van der Waals surface area contributed by atoms with E-state index in [0.717, 1.165) is 0 Å². The fourth-order valence-corrected chi connectivity index (χ4v) is 2.57. The first-order chi connectivity index (χ1) is 11.1. The highest BCUT2D eigenvalue weighted by atomic mass is 19.1. The Morgan fingerprint density at radius 2 is 2.00 bits per heavy atom. The van der Waals surface area contributed by atoms with E-state index in [1.54, 1.807) is 31.4 Å². The molecule has 0 saturated carbocycles. The van der Waals surface area contributed by atoms with Gasteiger partial charge in [0.15, 0.2) is 0 Å². The number of fused-ring (bicyclic) bond motifs is 1. The largest absolute Gasteiger partial charge is 0.497 e. The molecule has 2 aromatic rings. The molecule has 1 aliphatic heterocycles. The Morgan fingerprint density at radius 3 is 2.70 bits per heavy atom. The summed E-state index contributed by atoms with van der Waals surface area (Å²) in [5.41, 5.74) is 1.55. The second-order valence-corrected chi connectivity index (χ2v) is 5.25. The molecule has 0 bridgehead atoms. The van der Waals surface area contributed by atoms with Crippen LogP contribution in [0.5, 0.6) is 5.75 Å². The van der Waals surface area contributed by atoms with Gasteiger partial charge in [-0.1, -0.05) is 6.07 Å². The van der Waals surface area contributed by atoms with E-state index in [4.69, 9.17) is 4.74 Å². The van der Waals surface area contributed by atoms with Crippen LogP contribution >= 0.6 is 0 Å². The van der Waals surface area contributed by atoms with Gasteiger partial charge in [-0.15, -0.1) is 0 Å². The maximum Gasteiger partial charge on any atom is 0.232 e. The topological polar surface area (TPSA) is 67.4 Å². The van der Waals surface area contributed by atoms with Gasteiger partial charge in [0.25, 0.3) is 0 Å². The van der Waals surface area contributed by atoms with Crippen LogP contribution in [0.1, 0.15) is 17.9 Å². The van der Waals surface area contributed by atoms with Crippen molar-refractivity contribution in [1.82, 2.24) is 0 Å². The third kappa shape index (κ3) is 3.15. The highest BCUT2D eigenvalue weighted by Gasteiger charge is 2.30. The molecule has 1 heterocycles. The van der Waals surface area contributed by atoms with Crippen molar-refractivity contribution in [3.63, 3.8) is 0 Å². The van der Waals surface area contributed by atoms with Crippen LogP contribution in [0.3, 0.4) is 0 Å². The predicted molar refractivity (Wildman–Crippen MR) is 84.0 cm³/mol. The Morgan fingerprint density at radius 1 is 1.26 bits per heavy atom. The van der Waals surface area contributed by atoms with Gasteiger partial charge in [0.1, 0.15) is 11.6 Å². The lowest BCUT2D eigenvalue weighted by molar-refractivity contribution is -0.123. The highest BCUT2D eigenvalue weighted by molar-refractivity contribution is 6.05. The van der Waals surface area contributed by atoms with Crippen molar-refractivity contribution in [1.29, 1.82) is 0 Å². The van der Waals surface area contributed by atoms with Gasteiger partial charge in [0.2, 0.25) is 11.8 Å². The summed E-state index contributed by atoms with van der Waals surface area (Å²) >= 11 is 0. The predicted octanol–water partition coefficient (Wildman–Crippen LogP) is 2.90. The maximum absolute atomic E-state index is 13.3. The first-order valence-corrected chi connectivity index (χ1v) is 7.11. The standard InChI is InChI=1S/C17H15FN2O3/c1-23-12-5-3-11(4-6-12)19-17(22)14-9-16(21)20-15-8-10(18)2-7-13(14)15/h2-8,14H,9H2,1H3,(H,19,22)(H,20,21)/t14-/m0/s1. The minimum Gasteiger partial charge on any atom is -0.497 e. The van der Waals surface area contributed by atoms with Crippen molar-refractivity contribution in [3.8, 4) is 5.75 Å². The third-order valence-electron chi connectivity index (χ3n) is 3.73. The number of halogens is 1. The minimum absolute atomic E-state index is 0.0284. The van der Waals surface area contributed by atoms with E-state index in [1.807, 2.05) is 0 Å². The summed E-state index contributed by atoms with van der Waals surface area (Å²) in [4.78, 5) is 24.3. The lowest BCUT2D eigenvalue weighted by Crippen LogP contribution is -2.30. The molecule has 1 atom stereocenters. The maximum atomic E-state index is 13.3. The van der Waals surface area contributed by atoms with Gasteiger partial charge in [-0.05, 0) is 42.0 Å². The first-order valence-electron chi connectivity index (χ1n) is 7.11. The molecular weight excluding hydrogens is 299 g/mol. The molecule has 0 saturated heterocycles. The smallest absolute Gasteiger partial charge is 0.232 e. The van der Waals surface area contributed by atoms with Crippen molar-refractivity contribution < 1.29 is 18.7 Å². The van der Waals surface area contributed by atoms with Gasteiger partial charge in [0, 0.05) is 17.8 Å². The fraction of sp³-hybridized carbons (Fsp3) is 0.176. The summed E-state index contributed by atoms with van der Waals surface area (Å²) in [6.45, 7) is 0. The van der Waals surface area contributed by atoms with E-state index < -0.39 is 11.7 Å². The number of carbonyl (C=O) groups excluding carboxylic acids is 2. The van der Waals surface area contributed by atoms with Crippen LogP contribution in [0.2, 0.25) is 0 Å². The second-order valence-electron chi connectivity index (χ2n) is 5.25. The number of anilines is 2. The van der Waals surface area contributed by atoms with Crippen LogP contribution in [0.15, 0.2) is 42.5 Å². The average molecular weight is 314 g/mol. The van der Waals surface area contributed by atoms with E-state index in [1.165, 1.54) is 18.2 Å². The van der Waals surface area contributed by atoms with E-state index in [0.29, 0.717) is 22.7 Å². The lowest BCUT2D eigenvalue weighted by atomic mass is 9.89. The summed E-state index contributed by atoms with van der Waals surface area (Å²) < 4.78 is 18.4. The number of methoxy groups -OCH3 is 1. The van der Waals surface area contributed by atoms with Crippen LogP contribution in [-0.4, -0.2) is 18.9 Å². The van der Waals surface area contributed by atoms with Crippen molar-refractivity contribution >= 4 is 23.2 Å². The summed E-state index contributed by atoms with van der Waals surface area (Å²) in [6, 6.07) is 10.9. The van der Waals surface area contributed by atoms with Gasteiger partial charge >= 0.3 is 0 Å². The Balaban J connectivity index is 1.83. The van der Waals surface area contributed by atoms with Gasteiger partial charge in [0.05, 0.1) is 13.0 Å². The molecule has 5 nitrogen and oxygen atoms in total. The number of amides is 2. The second kappa shape index (κ2) is 6.08. The Kier molecular flexibility index (Phi) is 3.97. The normalized spacial score (nSPS) is 16.3. The SMILES string of the molecule is COc1ccc(NC(=O)[C@H]2CC(=O)Nc3cc(F)ccc32)cc1. The molecule has 1 aliphatic rings. The molecule has 2 aromatic carbocycles. The van der Waals surface area contributed by atoms with E-state index >= 15 is 0 Å². The van der Waals surface area contributed by atoms with Crippen LogP contribution in [0, 0.1) is 5.82 Å². The van der Waals surface area contributed by atoms with Gasteiger partial charge in [-0.3, -0.25) is 9.59 Å². The van der Waals surface area contributed by atoms with Gasteiger partial charge < -0.3 is 15.4 Å². The van der Waals surface area contributed by atoms with Crippen molar-refractivity contribution in [2.24, 2.45) is 0 Å². The molecule has 0 aliphatic carbocycles. The zero-order valence-electron chi connectivity index (χ0n) is 12.4. The molecule has 3 rings (SSSR count). The van der Waals surface area contributed by atoms with Crippen LogP contribution in [0.25, 0.3) is 0 Å². The molecule has 0 unspecified atom stereocenters. The van der Waals surface area contributed by atoms with Crippen molar-refractivity contribution in [2.75, 3.05) is 17.7 Å². The van der Waals surface area contributed by atoms with Gasteiger partial charge in [-0.2, -0.15) is 0 Å². The van der Waals surface area contributed by atoms with Crippen LogP contribution in [0.4, 0.5) is 15.8 Å². The zero-order valence-corrected chi connectivity index (χ0v) is 12.4. The average Bonchev–Trinajstić information content (AvgIpc) is 2.54. The van der Waals surface area contributed by atoms with Crippen molar-refractivity contribution in [2.45, 2.75) is 12.3 Å². The molecule has 2 amide bonds. The van der Waals surface area contributed by atoms with E-state index in [2.05, 4.69) is 10.6 Å². The third-order valence-corrected chi connectivity index (χ3v) is 3.73. The molecule has 23 heavy (non-hydrogen) atoms. The number of benzene rings is 2. The molecule has 2 N–H and O–H groups in total.